The molecule has 1 amide bonds. The third-order valence-electron chi connectivity index (χ3n) is 3.96. The van der Waals surface area contributed by atoms with Gasteiger partial charge in [-0.25, -0.2) is 0 Å². The van der Waals surface area contributed by atoms with Crippen LogP contribution in [-0.2, 0) is 5.60 Å². The average Bonchev–Trinajstić information content (AvgIpc) is 2.77. The predicted octanol–water partition coefficient (Wildman–Crippen LogP) is 2.55. The molecular weight excluding hydrogens is 307 g/mol. The normalized spacial score (nSPS) is 18.9. The number of hydrogen-bond acceptors (Lipinski definition) is 2. The van der Waals surface area contributed by atoms with Crippen LogP contribution in [0.15, 0.2) is 36.4 Å². The van der Waals surface area contributed by atoms with Crippen molar-refractivity contribution in [1.82, 2.24) is 0 Å². The average molecular weight is 317 g/mol. The smallest absolute Gasteiger partial charge is 0.372 e. The summed E-state index contributed by atoms with van der Waals surface area (Å²) in [5.41, 5.74) is 1.19. The Balaban J connectivity index is 2.51. The van der Waals surface area contributed by atoms with E-state index in [1.807, 2.05) is 0 Å². The van der Waals surface area contributed by atoms with Crippen molar-refractivity contribution in [3.63, 3.8) is 0 Å². The summed E-state index contributed by atoms with van der Waals surface area (Å²) >= 11 is 0. The first-order valence-corrected chi connectivity index (χ1v) is 6.55. The highest BCUT2D eigenvalue weighted by Gasteiger charge is 2.61. The number of benzene rings is 2. The molecule has 0 aromatic heterocycles. The first-order chi connectivity index (χ1) is 10.7. The number of primary amides is 1. The van der Waals surface area contributed by atoms with Gasteiger partial charge in [0.1, 0.15) is 0 Å². The van der Waals surface area contributed by atoms with E-state index in [-0.39, 0.29) is 27.8 Å². The Hall–Kier alpha value is -2.78. The van der Waals surface area contributed by atoms with Crippen LogP contribution < -0.4 is 5.73 Å². The molecule has 1 atom stereocenters. The minimum absolute atomic E-state index is 0.0352. The molecule has 2 aromatic carbocycles. The van der Waals surface area contributed by atoms with Crippen LogP contribution in [0.1, 0.15) is 27.0 Å². The van der Waals surface area contributed by atoms with Gasteiger partial charge in [-0.15, -0.1) is 6.42 Å². The van der Waals surface area contributed by atoms with E-state index in [0.717, 1.165) is 6.07 Å². The van der Waals surface area contributed by atoms with Gasteiger partial charge in [0.15, 0.2) is 0 Å². The maximum absolute atomic E-state index is 13.7. The molecule has 116 valence electrons. The molecule has 6 heteroatoms. The molecule has 1 unspecified atom stereocenters. The second-order valence-electron chi connectivity index (χ2n) is 5.21. The predicted molar refractivity (Wildman–Crippen MR) is 77.4 cm³/mol. The number of aliphatic hydroxyl groups is 1. The van der Waals surface area contributed by atoms with Gasteiger partial charge in [0.05, 0.1) is 0 Å². The molecular formula is C17H10F3NO2. The Morgan fingerprint density at radius 1 is 1.22 bits per heavy atom. The third kappa shape index (κ3) is 1.87. The number of carbonyl (C=O) groups is 1. The van der Waals surface area contributed by atoms with Crippen LogP contribution in [0.5, 0.6) is 0 Å². The van der Waals surface area contributed by atoms with E-state index >= 15 is 0 Å². The largest absolute Gasteiger partial charge is 0.425 e. The molecule has 3 N–H and O–H groups in total. The SMILES string of the molecule is C#Cc1cc(C(N)=O)c2c(c1)C(O)(C(F)(F)F)c1ccccc1-2. The van der Waals surface area contributed by atoms with Crippen molar-refractivity contribution in [2.45, 2.75) is 11.8 Å². The molecule has 0 spiro atoms. The highest BCUT2D eigenvalue weighted by molar-refractivity contribution is 6.03. The van der Waals surface area contributed by atoms with E-state index in [1.165, 1.54) is 30.3 Å². The van der Waals surface area contributed by atoms with Gasteiger partial charge in [-0.1, -0.05) is 30.2 Å². The minimum atomic E-state index is -4.99. The lowest BCUT2D eigenvalue weighted by atomic mass is 9.89. The maximum Gasteiger partial charge on any atom is 0.425 e. The zero-order chi connectivity index (χ0) is 17.0. The summed E-state index contributed by atoms with van der Waals surface area (Å²) in [5.74, 6) is 1.26. The van der Waals surface area contributed by atoms with Crippen molar-refractivity contribution in [2.24, 2.45) is 5.73 Å². The van der Waals surface area contributed by atoms with Crippen molar-refractivity contribution in [1.29, 1.82) is 0 Å². The number of rotatable bonds is 1. The maximum atomic E-state index is 13.7. The number of fused-ring (bicyclic) bond motifs is 3. The Morgan fingerprint density at radius 2 is 1.87 bits per heavy atom. The zero-order valence-corrected chi connectivity index (χ0v) is 11.6. The summed E-state index contributed by atoms with van der Waals surface area (Å²) in [6, 6.07) is 7.79. The van der Waals surface area contributed by atoms with E-state index in [4.69, 9.17) is 12.2 Å². The van der Waals surface area contributed by atoms with Crippen LogP contribution in [0.4, 0.5) is 13.2 Å². The molecule has 0 aliphatic heterocycles. The van der Waals surface area contributed by atoms with Gasteiger partial charge >= 0.3 is 6.18 Å². The van der Waals surface area contributed by atoms with E-state index < -0.39 is 23.2 Å². The van der Waals surface area contributed by atoms with Crippen molar-refractivity contribution < 1.29 is 23.1 Å². The number of amides is 1. The Morgan fingerprint density at radius 3 is 2.43 bits per heavy atom. The van der Waals surface area contributed by atoms with E-state index in [2.05, 4.69) is 5.92 Å². The van der Waals surface area contributed by atoms with Gasteiger partial charge < -0.3 is 10.8 Å². The van der Waals surface area contributed by atoms with Gasteiger partial charge in [0.25, 0.3) is 0 Å². The molecule has 0 fully saturated rings. The number of terminal acetylenes is 1. The minimum Gasteiger partial charge on any atom is -0.372 e. The highest BCUT2D eigenvalue weighted by atomic mass is 19.4. The molecule has 0 bridgehead atoms. The fraction of sp³-hybridized carbons (Fsp3) is 0.118. The molecule has 3 nitrogen and oxygen atoms in total. The quantitative estimate of drug-likeness (QED) is 0.794. The van der Waals surface area contributed by atoms with Gasteiger partial charge in [0.2, 0.25) is 11.5 Å². The summed E-state index contributed by atoms with van der Waals surface area (Å²) in [7, 11) is 0. The number of nitrogens with two attached hydrogens (primary N) is 1. The lowest BCUT2D eigenvalue weighted by Gasteiger charge is -2.28. The summed E-state index contributed by atoms with van der Waals surface area (Å²) < 4.78 is 41.0. The van der Waals surface area contributed by atoms with Crippen molar-refractivity contribution in [3.8, 4) is 23.5 Å². The molecule has 1 aliphatic carbocycles. The van der Waals surface area contributed by atoms with Gasteiger partial charge in [-0.2, -0.15) is 13.2 Å². The molecule has 0 heterocycles. The van der Waals surface area contributed by atoms with Crippen LogP contribution in [0.25, 0.3) is 11.1 Å². The Kier molecular flexibility index (Phi) is 3.03. The number of hydrogen-bond donors (Lipinski definition) is 2. The summed E-state index contributed by atoms with van der Waals surface area (Å²) in [4.78, 5) is 11.7. The van der Waals surface area contributed by atoms with Crippen LogP contribution in [0.3, 0.4) is 0 Å². The van der Waals surface area contributed by atoms with Crippen LogP contribution >= 0.6 is 0 Å². The second kappa shape index (κ2) is 4.61. The lowest BCUT2D eigenvalue weighted by Crippen LogP contribution is -2.41. The van der Waals surface area contributed by atoms with E-state index in [0.29, 0.717) is 0 Å². The second-order valence-corrected chi connectivity index (χ2v) is 5.21. The molecule has 1 aliphatic rings. The Labute approximate surface area is 129 Å². The molecule has 3 rings (SSSR count). The topological polar surface area (TPSA) is 63.3 Å². The monoisotopic (exact) mass is 317 g/mol. The van der Waals surface area contributed by atoms with Crippen LogP contribution in [-0.4, -0.2) is 17.2 Å². The van der Waals surface area contributed by atoms with Gasteiger partial charge in [-0.3, -0.25) is 4.79 Å². The van der Waals surface area contributed by atoms with Crippen molar-refractivity contribution in [2.75, 3.05) is 0 Å². The van der Waals surface area contributed by atoms with Crippen molar-refractivity contribution in [3.05, 3.63) is 58.7 Å². The highest BCUT2D eigenvalue weighted by Crippen LogP contribution is 2.55. The molecule has 0 radical (unpaired) electrons. The molecule has 2 aromatic rings. The summed E-state index contributed by atoms with van der Waals surface area (Å²) in [6.45, 7) is 0. The van der Waals surface area contributed by atoms with Crippen LogP contribution in [0, 0.1) is 12.3 Å². The molecule has 0 saturated heterocycles. The summed E-state index contributed by atoms with van der Waals surface area (Å²) in [5, 5.41) is 10.5. The number of alkyl halides is 3. The van der Waals surface area contributed by atoms with Crippen molar-refractivity contribution >= 4 is 5.91 Å². The third-order valence-corrected chi connectivity index (χ3v) is 3.96. The fourth-order valence-corrected chi connectivity index (χ4v) is 2.96. The van der Waals surface area contributed by atoms with Gasteiger partial charge in [-0.05, 0) is 17.7 Å². The first-order valence-electron chi connectivity index (χ1n) is 6.55. The zero-order valence-electron chi connectivity index (χ0n) is 11.6. The molecule has 0 saturated carbocycles. The number of carbonyl (C=O) groups excluding carboxylic acids is 1. The Bertz CT molecular complexity index is 880. The van der Waals surface area contributed by atoms with Crippen LogP contribution in [0.2, 0.25) is 0 Å². The van der Waals surface area contributed by atoms with Gasteiger partial charge in [0, 0.05) is 27.8 Å². The number of halogens is 3. The standard InChI is InChI=1S/C17H10F3NO2/c1-2-9-7-11(15(21)22)14-10-5-3-4-6-12(10)16(23,13(14)8-9)17(18,19)20/h1,3-8,23H,(H2,21,22). The first kappa shape index (κ1) is 15.1. The van der Waals surface area contributed by atoms with E-state index in [1.54, 1.807) is 0 Å². The lowest BCUT2D eigenvalue weighted by molar-refractivity contribution is -0.246. The molecule has 23 heavy (non-hydrogen) atoms. The fourth-order valence-electron chi connectivity index (χ4n) is 2.96. The summed E-state index contributed by atoms with van der Waals surface area (Å²) in [6.07, 6.45) is 0.261. The van der Waals surface area contributed by atoms with E-state index in [9.17, 15) is 23.1 Å².